The molecule has 37 heavy (non-hydrogen) atoms. The van der Waals surface area contributed by atoms with E-state index in [4.69, 9.17) is 0 Å². The lowest BCUT2D eigenvalue weighted by Crippen LogP contribution is -2.37. The largest absolute Gasteiger partial charge is 0.319 e. The van der Waals surface area contributed by atoms with Gasteiger partial charge in [-0.2, -0.15) is 9.30 Å². The lowest BCUT2D eigenvalue weighted by Gasteiger charge is -2.39. The molecule has 0 spiro atoms. The smallest absolute Gasteiger partial charge is 0.279 e. The molecule has 8 heteroatoms. The van der Waals surface area contributed by atoms with E-state index in [2.05, 4.69) is 44.0 Å². The summed E-state index contributed by atoms with van der Waals surface area (Å²) in [6, 6.07) is 18.6. The van der Waals surface area contributed by atoms with Crippen LogP contribution in [0.25, 0.3) is 21.0 Å². The summed E-state index contributed by atoms with van der Waals surface area (Å²) in [7, 11) is -1.73. The molecule has 4 aromatic rings. The minimum atomic E-state index is -3.64. The molecule has 1 aliphatic carbocycles. The molecular formula is C29H31N3O3S2. The van der Waals surface area contributed by atoms with Gasteiger partial charge in [0.25, 0.3) is 5.91 Å². The molecule has 2 heterocycles. The van der Waals surface area contributed by atoms with Gasteiger partial charge < -0.3 is 4.57 Å². The standard InChI is InChI=1S/C29H31N3O3S2/c1-28(2)15-21-16-29(3,17-28)18-32(21)37(34,35)22-12-9-20(10-13-22)26(33)30-27-31(4)24-14-11-19-7-5-6-8-23(19)25(24)36-27/h5-14,21H,15-18H2,1-4H3. The Labute approximate surface area is 221 Å². The number of hydrogen-bond donors (Lipinski definition) is 0. The summed E-state index contributed by atoms with van der Waals surface area (Å²) in [5.41, 5.74) is 1.53. The van der Waals surface area contributed by atoms with Crippen molar-refractivity contribution in [3.8, 4) is 0 Å². The van der Waals surface area contributed by atoms with Crippen molar-refractivity contribution in [2.75, 3.05) is 6.54 Å². The zero-order valence-electron chi connectivity index (χ0n) is 21.6. The van der Waals surface area contributed by atoms with Gasteiger partial charge in [0.05, 0.1) is 15.1 Å². The Balaban J connectivity index is 1.30. The van der Waals surface area contributed by atoms with Gasteiger partial charge in [-0.25, -0.2) is 8.42 Å². The first-order valence-corrected chi connectivity index (χ1v) is 14.9. The van der Waals surface area contributed by atoms with E-state index in [1.807, 2.05) is 29.8 Å². The van der Waals surface area contributed by atoms with E-state index < -0.39 is 10.0 Å². The maximum Gasteiger partial charge on any atom is 0.279 e. The van der Waals surface area contributed by atoms with Crippen LogP contribution in [0.5, 0.6) is 0 Å². The summed E-state index contributed by atoms with van der Waals surface area (Å²) in [5.74, 6) is -0.387. The van der Waals surface area contributed by atoms with Crippen LogP contribution in [0, 0.1) is 10.8 Å². The van der Waals surface area contributed by atoms with E-state index in [9.17, 15) is 13.2 Å². The van der Waals surface area contributed by atoms with Crippen molar-refractivity contribution in [2.24, 2.45) is 22.9 Å². The van der Waals surface area contributed by atoms with Crippen LogP contribution in [0.15, 0.2) is 70.6 Å². The maximum absolute atomic E-state index is 13.6. The molecule has 192 valence electrons. The second kappa shape index (κ2) is 8.35. The van der Waals surface area contributed by atoms with E-state index in [1.165, 1.54) is 11.3 Å². The number of carbonyl (C=O) groups is 1. The third kappa shape index (κ3) is 4.15. The van der Waals surface area contributed by atoms with Crippen molar-refractivity contribution in [1.29, 1.82) is 0 Å². The molecule has 0 N–H and O–H groups in total. The fraction of sp³-hybridized carbons (Fsp3) is 0.379. The normalized spacial score (nSPS) is 24.2. The SMILES string of the molecule is Cn1c(=NC(=O)c2ccc(S(=O)(=O)N3CC4(C)CC3CC(C)(C)C4)cc2)sc2c3ccccc3ccc21. The molecule has 2 bridgehead atoms. The topological polar surface area (TPSA) is 71.7 Å². The predicted molar refractivity (Wildman–Crippen MR) is 148 cm³/mol. The van der Waals surface area contributed by atoms with E-state index in [1.54, 1.807) is 28.6 Å². The van der Waals surface area contributed by atoms with Gasteiger partial charge in [0.2, 0.25) is 10.0 Å². The highest BCUT2D eigenvalue weighted by Gasteiger charge is 2.53. The molecule has 2 atom stereocenters. The molecule has 1 aliphatic heterocycles. The Hall–Kier alpha value is -2.81. The van der Waals surface area contributed by atoms with Crippen molar-refractivity contribution < 1.29 is 13.2 Å². The van der Waals surface area contributed by atoms with Crippen LogP contribution in [-0.2, 0) is 17.1 Å². The molecule has 6 rings (SSSR count). The average molecular weight is 534 g/mol. The number of nitrogens with zero attached hydrogens (tertiary/aromatic N) is 3. The summed E-state index contributed by atoms with van der Waals surface area (Å²) in [5, 5.41) is 2.28. The first-order chi connectivity index (χ1) is 17.5. The summed E-state index contributed by atoms with van der Waals surface area (Å²) in [6.07, 6.45) is 2.81. The van der Waals surface area contributed by atoms with Gasteiger partial charge in [0, 0.05) is 30.6 Å². The van der Waals surface area contributed by atoms with Gasteiger partial charge in [-0.15, -0.1) is 0 Å². The average Bonchev–Trinajstić information content (AvgIpc) is 3.31. The molecule has 1 amide bonds. The number of carbonyl (C=O) groups excluding carboxylic acids is 1. The molecule has 2 fully saturated rings. The molecule has 3 aromatic carbocycles. The lowest BCUT2D eigenvalue weighted by molar-refractivity contribution is 0.0997. The molecule has 2 unspecified atom stereocenters. The monoisotopic (exact) mass is 533 g/mol. The zero-order chi connectivity index (χ0) is 26.2. The van der Waals surface area contributed by atoms with Crippen LogP contribution < -0.4 is 4.80 Å². The van der Waals surface area contributed by atoms with Gasteiger partial charge in [-0.1, -0.05) is 62.4 Å². The number of fused-ring (bicyclic) bond motifs is 5. The first kappa shape index (κ1) is 24.5. The lowest BCUT2D eigenvalue weighted by atomic mass is 9.65. The number of rotatable bonds is 3. The quantitative estimate of drug-likeness (QED) is 0.338. The molecule has 0 radical (unpaired) electrons. The molecule has 1 aromatic heterocycles. The Morgan fingerprint density at radius 2 is 1.73 bits per heavy atom. The van der Waals surface area contributed by atoms with Crippen LogP contribution in [0.4, 0.5) is 0 Å². The minimum Gasteiger partial charge on any atom is -0.319 e. The second-order valence-electron chi connectivity index (χ2n) is 11.8. The number of amides is 1. The van der Waals surface area contributed by atoms with Crippen molar-refractivity contribution >= 4 is 48.3 Å². The van der Waals surface area contributed by atoms with Crippen molar-refractivity contribution in [2.45, 2.75) is 51.0 Å². The third-order valence-corrected chi connectivity index (χ3v) is 11.1. The number of hydrogen-bond acceptors (Lipinski definition) is 4. The minimum absolute atomic E-state index is 0.0133. The Morgan fingerprint density at radius 3 is 2.49 bits per heavy atom. The predicted octanol–water partition coefficient (Wildman–Crippen LogP) is 5.72. The van der Waals surface area contributed by atoms with Gasteiger partial charge in [0.1, 0.15) is 0 Å². The van der Waals surface area contributed by atoms with Gasteiger partial charge in [0.15, 0.2) is 4.80 Å². The van der Waals surface area contributed by atoms with Gasteiger partial charge in [-0.05, 0) is 65.8 Å². The van der Waals surface area contributed by atoms with Gasteiger partial charge in [-0.3, -0.25) is 4.79 Å². The zero-order valence-corrected chi connectivity index (χ0v) is 23.2. The van der Waals surface area contributed by atoms with Crippen LogP contribution >= 0.6 is 11.3 Å². The summed E-state index contributed by atoms with van der Waals surface area (Å²) in [6.45, 7) is 7.22. The molecule has 1 saturated heterocycles. The van der Waals surface area contributed by atoms with Crippen LogP contribution in [0.1, 0.15) is 50.4 Å². The number of aromatic nitrogens is 1. The summed E-state index contributed by atoms with van der Waals surface area (Å²) < 4.78 is 31.8. The third-order valence-electron chi connectivity index (χ3n) is 7.97. The first-order valence-electron chi connectivity index (χ1n) is 12.6. The summed E-state index contributed by atoms with van der Waals surface area (Å²) >= 11 is 1.48. The molecule has 6 nitrogen and oxygen atoms in total. The number of sulfonamides is 1. The van der Waals surface area contributed by atoms with Crippen LogP contribution in [-0.4, -0.2) is 35.8 Å². The van der Waals surface area contributed by atoms with Crippen molar-refractivity contribution in [3.63, 3.8) is 0 Å². The summed E-state index contributed by atoms with van der Waals surface area (Å²) in [4.78, 5) is 18.3. The van der Waals surface area contributed by atoms with E-state index in [-0.39, 0.29) is 27.7 Å². The van der Waals surface area contributed by atoms with Gasteiger partial charge >= 0.3 is 0 Å². The van der Waals surface area contributed by atoms with Crippen LogP contribution in [0.3, 0.4) is 0 Å². The fourth-order valence-corrected chi connectivity index (χ4v) is 9.63. The van der Waals surface area contributed by atoms with Crippen molar-refractivity contribution in [3.05, 3.63) is 71.0 Å². The highest BCUT2D eigenvalue weighted by Crippen LogP contribution is 2.53. The molecule has 2 aliphatic rings. The fourth-order valence-electron chi connectivity index (χ4n) is 6.71. The second-order valence-corrected chi connectivity index (χ2v) is 14.7. The number of benzene rings is 3. The number of thiazole rings is 1. The maximum atomic E-state index is 13.6. The molecular weight excluding hydrogens is 502 g/mol. The Kier molecular flexibility index (Phi) is 5.53. The molecule has 1 saturated carbocycles. The van der Waals surface area contributed by atoms with E-state index in [0.717, 1.165) is 40.3 Å². The Bertz CT molecular complexity index is 1730. The van der Waals surface area contributed by atoms with E-state index >= 15 is 0 Å². The highest BCUT2D eigenvalue weighted by molar-refractivity contribution is 7.89. The van der Waals surface area contributed by atoms with Crippen molar-refractivity contribution in [1.82, 2.24) is 8.87 Å². The Morgan fingerprint density at radius 1 is 1.00 bits per heavy atom. The van der Waals surface area contributed by atoms with E-state index in [0.29, 0.717) is 16.9 Å². The highest BCUT2D eigenvalue weighted by atomic mass is 32.2. The van der Waals surface area contributed by atoms with Crippen LogP contribution in [0.2, 0.25) is 0 Å². The number of aryl methyl sites for hydroxylation is 1.